The van der Waals surface area contributed by atoms with Crippen molar-refractivity contribution in [2.75, 3.05) is 6.54 Å². The van der Waals surface area contributed by atoms with Gasteiger partial charge in [0.05, 0.1) is 0 Å². The van der Waals surface area contributed by atoms with E-state index in [9.17, 15) is 14.4 Å². The number of carbonyl (C=O) groups is 1. The molecule has 2 aromatic rings. The Bertz CT molecular complexity index is 828. The van der Waals surface area contributed by atoms with Gasteiger partial charge in [-0.25, -0.2) is 4.68 Å². The topological polar surface area (TPSA) is 88.1 Å². The zero-order chi connectivity index (χ0) is 17.6. The van der Waals surface area contributed by atoms with Crippen LogP contribution in [0.1, 0.15) is 31.4 Å². The fraction of sp³-hybridized carbons (Fsp3) is 0.444. The highest BCUT2D eigenvalue weighted by molar-refractivity contribution is 5.76. The van der Waals surface area contributed by atoms with E-state index in [0.717, 1.165) is 42.5 Å². The number of hydrogen-bond donors (Lipinski definition) is 1. The highest BCUT2D eigenvalue weighted by Gasteiger charge is 2.26. The van der Waals surface area contributed by atoms with Crippen LogP contribution in [-0.4, -0.2) is 38.2 Å². The molecule has 7 nitrogen and oxygen atoms in total. The van der Waals surface area contributed by atoms with Gasteiger partial charge in [-0.15, -0.1) is 0 Å². The summed E-state index contributed by atoms with van der Waals surface area (Å²) in [6, 6.07) is 8.33. The summed E-state index contributed by atoms with van der Waals surface area (Å²) in [7, 11) is 0. The Balaban J connectivity index is 1.67. The molecule has 1 saturated heterocycles. The number of carbonyl (C=O) groups excluding carboxylic acids is 1. The lowest BCUT2D eigenvalue weighted by Crippen LogP contribution is -2.47. The number of nitrogens with one attached hydrogen (secondary N) is 1. The molecule has 1 aliphatic heterocycles. The summed E-state index contributed by atoms with van der Waals surface area (Å²) in [5.41, 5.74) is 0.247. The van der Waals surface area contributed by atoms with E-state index in [0.29, 0.717) is 6.54 Å². The van der Waals surface area contributed by atoms with E-state index >= 15 is 0 Å². The first-order valence-electron chi connectivity index (χ1n) is 8.63. The van der Waals surface area contributed by atoms with Crippen molar-refractivity contribution in [1.29, 1.82) is 0 Å². The van der Waals surface area contributed by atoms with Crippen molar-refractivity contribution < 1.29 is 4.79 Å². The fourth-order valence-corrected chi connectivity index (χ4v) is 3.30. The lowest BCUT2D eigenvalue weighted by atomic mass is 9.97. The van der Waals surface area contributed by atoms with Crippen LogP contribution >= 0.6 is 0 Å². The molecule has 1 fully saturated rings. The lowest BCUT2D eigenvalue weighted by Gasteiger charge is -2.36. The highest BCUT2D eigenvalue weighted by atomic mass is 16.2. The Hall–Kier alpha value is -2.70. The fourth-order valence-electron chi connectivity index (χ4n) is 3.30. The molecule has 1 N–H and O–H groups in total. The van der Waals surface area contributed by atoms with Gasteiger partial charge in [-0.1, -0.05) is 6.07 Å². The van der Waals surface area contributed by atoms with Gasteiger partial charge in [0, 0.05) is 36.6 Å². The minimum atomic E-state index is -0.391. The lowest BCUT2D eigenvalue weighted by molar-refractivity contribution is -0.136. The molecule has 1 unspecified atom stereocenters. The molecule has 2 aromatic heterocycles. The maximum Gasteiger partial charge on any atom is 0.265 e. The Morgan fingerprint density at radius 2 is 2.08 bits per heavy atom. The highest BCUT2D eigenvalue weighted by Crippen LogP contribution is 2.21. The van der Waals surface area contributed by atoms with Crippen molar-refractivity contribution in [1.82, 2.24) is 19.7 Å². The number of H-pyrrole nitrogens is 1. The number of aryl methyl sites for hydroxylation is 1. The SMILES string of the molecule is O=C(Cn1[nH]c(=O)ccc1=O)N1CCCCC1CCc1ccccn1. The molecule has 0 aliphatic carbocycles. The van der Waals surface area contributed by atoms with Crippen molar-refractivity contribution in [2.45, 2.75) is 44.7 Å². The first-order valence-corrected chi connectivity index (χ1v) is 8.63. The molecule has 0 saturated carbocycles. The van der Waals surface area contributed by atoms with Gasteiger partial charge >= 0.3 is 0 Å². The predicted octanol–water partition coefficient (Wildman–Crippen LogP) is 0.945. The van der Waals surface area contributed by atoms with Gasteiger partial charge in [0.1, 0.15) is 6.54 Å². The molecule has 3 heterocycles. The predicted molar refractivity (Wildman–Crippen MR) is 93.2 cm³/mol. The number of pyridine rings is 1. The second kappa shape index (κ2) is 7.92. The normalized spacial score (nSPS) is 17.4. The number of nitrogens with zero attached hydrogens (tertiary/aromatic N) is 3. The van der Waals surface area contributed by atoms with Crippen molar-refractivity contribution in [3.05, 3.63) is 62.9 Å². The zero-order valence-electron chi connectivity index (χ0n) is 14.1. The molecule has 0 spiro atoms. The Morgan fingerprint density at radius 1 is 1.20 bits per heavy atom. The van der Waals surface area contributed by atoms with E-state index in [1.54, 1.807) is 6.20 Å². The second-order valence-corrected chi connectivity index (χ2v) is 6.33. The van der Waals surface area contributed by atoms with Crippen LogP contribution in [0.25, 0.3) is 0 Å². The molecular weight excluding hydrogens is 320 g/mol. The van der Waals surface area contributed by atoms with E-state index in [1.165, 1.54) is 12.1 Å². The first kappa shape index (κ1) is 17.1. The molecule has 132 valence electrons. The zero-order valence-corrected chi connectivity index (χ0v) is 14.1. The molecule has 25 heavy (non-hydrogen) atoms. The van der Waals surface area contributed by atoms with Crippen LogP contribution in [0.4, 0.5) is 0 Å². The summed E-state index contributed by atoms with van der Waals surface area (Å²) in [6.45, 7) is 0.562. The van der Waals surface area contributed by atoms with Crippen molar-refractivity contribution in [2.24, 2.45) is 0 Å². The molecule has 1 atom stereocenters. The van der Waals surface area contributed by atoms with Gasteiger partial charge in [-0.3, -0.25) is 24.5 Å². The van der Waals surface area contributed by atoms with E-state index in [1.807, 2.05) is 23.1 Å². The van der Waals surface area contributed by atoms with Crippen molar-refractivity contribution in [3.63, 3.8) is 0 Å². The standard InChI is InChI=1S/C18H22N4O3/c23-16-9-10-17(24)22(20-16)13-18(25)21-12-4-2-6-15(21)8-7-14-5-1-3-11-19-14/h1,3,5,9-11,15H,2,4,6-8,12-13H2,(H,20,23). The molecule has 0 radical (unpaired) electrons. The van der Waals surface area contributed by atoms with Crippen LogP contribution in [0.3, 0.4) is 0 Å². The van der Waals surface area contributed by atoms with Crippen LogP contribution < -0.4 is 11.1 Å². The van der Waals surface area contributed by atoms with Gasteiger partial charge in [-0.05, 0) is 44.2 Å². The van der Waals surface area contributed by atoms with E-state index < -0.39 is 5.56 Å². The molecule has 0 aromatic carbocycles. The first-order chi connectivity index (χ1) is 12.1. The monoisotopic (exact) mass is 342 g/mol. The number of hydrogen-bond acceptors (Lipinski definition) is 4. The summed E-state index contributed by atoms with van der Waals surface area (Å²) >= 11 is 0. The van der Waals surface area contributed by atoms with Gasteiger partial charge in [-0.2, -0.15) is 0 Å². The number of likely N-dealkylation sites (tertiary alicyclic amines) is 1. The number of aromatic amines is 1. The summed E-state index contributed by atoms with van der Waals surface area (Å²) < 4.78 is 1.08. The minimum absolute atomic E-state index is 0.130. The Labute approximate surface area is 145 Å². The molecular formula is C18H22N4O3. The van der Waals surface area contributed by atoms with Crippen LogP contribution in [0, 0.1) is 0 Å². The minimum Gasteiger partial charge on any atom is -0.338 e. The average Bonchev–Trinajstić information content (AvgIpc) is 2.64. The van der Waals surface area contributed by atoms with Crippen LogP contribution in [0.15, 0.2) is 46.1 Å². The van der Waals surface area contributed by atoms with Crippen LogP contribution in [0.2, 0.25) is 0 Å². The van der Waals surface area contributed by atoms with Gasteiger partial charge in [0.15, 0.2) is 0 Å². The Morgan fingerprint density at radius 3 is 2.88 bits per heavy atom. The Kier molecular flexibility index (Phi) is 5.42. The number of amides is 1. The summed E-state index contributed by atoms with van der Waals surface area (Å²) in [5.74, 6) is -0.130. The summed E-state index contributed by atoms with van der Waals surface area (Å²) in [5, 5.41) is 2.41. The third-order valence-corrected chi connectivity index (χ3v) is 4.59. The maximum absolute atomic E-state index is 12.7. The van der Waals surface area contributed by atoms with Crippen LogP contribution in [-0.2, 0) is 17.8 Å². The third-order valence-electron chi connectivity index (χ3n) is 4.59. The molecule has 1 aliphatic rings. The molecule has 1 amide bonds. The van der Waals surface area contributed by atoms with E-state index in [4.69, 9.17) is 0 Å². The van der Waals surface area contributed by atoms with Gasteiger partial charge < -0.3 is 4.90 Å². The number of aromatic nitrogens is 3. The molecule has 0 bridgehead atoms. The van der Waals surface area contributed by atoms with Crippen molar-refractivity contribution >= 4 is 5.91 Å². The molecule has 3 rings (SSSR count). The number of rotatable bonds is 5. The van der Waals surface area contributed by atoms with E-state index in [2.05, 4.69) is 10.1 Å². The van der Waals surface area contributed by atoms with Gasteiger partial charge in [0.25, 0.3) is 11.1 Å². The smallest absolute Gasteiger partial charge is 0.265 e. The van der Waals surface area contributed by atoms with Gasteiger partial charge in [0.2, 0.25) is 5.91 Å². The van der Waals surface area contributed by atoms with Crippen LogP contribution in [0.5, 0.6) is 0 Å². The van der Waals surface area contributed by atoms with E-state index in [-0.39, 0.29) is 24.1 Å². The summed E-state index contributed by atoms with van der Waals surface area (Å²) in [6.07, 6.45) is 6.46. The largest absolute Gasteiger partial charge is 0.338 e. The molecule has 7 heteroatoms. The second-order valence-electron chi connectivity index (χ2n) is 6.33. The van der Waals surface area contributed by atoms with Crippen molar-refractivity contribution in [3.8, 4) is 0 Å². The summed E-state index contributed by atoms with van der Waals surface area (Å²) in [4.78, 5) is 42.0. The number of piperidine rings is 1. The third kappa shape index (κ3) is 4.43. The quantitative estimate of drug-likeness (QED) is 0.876. The average molecular weight is 342 g/mol. The maximum atomic E-state index is 12.7.